The second kappa shape index (κ2) is 5.00. The van der Waals surface area contributed by atoms with Gasteiger partial charge in [-0.15, -0.1) is 0 Å². The smallest absolute Gasteiger partial charge is 0.370 e. The molecule has 2 aromatic carbocycles. The molecule has 0 unspecified atom stereocenters. The van der Waals surface area contributed by atoms with Crippen LogP contribution in [0.15, 0.2) is 77.4 Å². The van der Waals surface area contributed by atoms with E-state index in [1.165, 1.54) is 6.26 Å². The predicted molar refractivity (Wildman–Crippen MR) is 83.8 cm³/mol. The van der Waals surface area contributed by atoms with Gasteiger partial charge in [0.1, 0.15) is 5.69 Å². The fourth-order valence-electron chi connectivity index (χ4n) is 2.58. The summed E-state index contributed by atoms with van der Waals surface area (Å²) in [6.07, 6.45) is 1.54. The summed E-state index contributed by atoms with van der Waals surface area (Å²) in [5.41, 5.74) is 2.20. The molecule has 0 atom stereocenters. The van der Waals surface area contributed by atoms with E-state index in [1.807, 2.05) is 54.6 Å². The minimum atomic E-state index is 0.266. The van der Waals surface area contributed by atoms with Gasteiger partial charge in [0.15, 0.2) is 5.52 Å². The Kier molecular flexibility index (Phi) is 2.86. The lowest BCUT2D eigenvalue weighted by Gasteiger charge is -2.13. The average Bonchev–Trinajstić information content (AvgIpc) is 3.09. The van der Waals surface area contributed by atoms with E-state index in [2.05, 4.69) is 4.98 Å². The fourth-order valence-corrected chi connectivity index (χ4v) is 2.58. The van der Waals surface area contributed by atoms with Crippen molar-refractivity contribution in [1.29, 1.82) is 0 Å². The molecule has 0 fully saturated rings. The van der Waals surface area contributed by atoms with Gasteiger partial charge in [-0.25, -0.2) is 4.73 Å². The van der Waals surface area contributed by atoms with Crippen LogP contribution >= 0.6 is 0 Å². The van der Waals surface area contributed by atoms with Gasteiger partial charge in [-0.05, 0) is 29.2 Å². The molecule has 0 N–H and O–H groups in total. The molecule has 0 bridgehead atoms. The van der Waals surface area contributed by atoms with Gasteiger partial charge in [0.25, 0.3) is 0 Å². The second-order valence-corrected chi connectivity index (χ2v) is 4.94. The Hall–Kier alpha value is -3.14. The van der Waals surface area contributed by atoms with Gasteiger partial charge >= 0.3 is 5.82 Å². The lowest BCUT2D eigenvalue weighted by Crippen LogP contribution is -2.33. The Bertz CT molecular complexity index is 932. The minimum absolute atomic E-state index is 0.266. The number of rotatable bonds is 2. The van der Waals surface area contributed by atoms with Crippen LogP contribution in [-0.2, 0) is 0 Å². The second-order valence-electron chi connectivity index (χ2n) is 4.94. The highest BCUT2D eigenvalue weighted by atomic mass is 16.5. The van der Waals surface area contributed by atoms with Crippen LogP contribution in [0.4, 0.5) is 0 Å². The number of aromatic nitrogens is 2. The van der Waals surface area contributed by atoms with Crippen molar-refractivity contribution < 1.29 is 9.15 Å². The van der Waals surface area contributed by atoms with Crippen molar-refractivity contribution in [2.24, 2.45) is 0 Å². The highest BCUT2D eigenvalue weighted by molar-refractivity contribution is 5.91. The first-order valence-electron chi connectivity index (χ1n) is 6.96. The van der Waals surface area contributed by atoms with E-state index in [4.69, 9.17) is 4.42 Å². The summed E-state index contributed by atoms with van der Waals surface area (Å²) in [6, 6.07) is 20.7. The summed E-state index contributed by atoms with van der Waals surface area (Å²) < 4.78 is 6.20. The lowest BCUT2D eigenvalue weighted by molar-refractivity contribution is -0.584. The summed E-state index contributed by atoms with van der Waals surface area (Å²) in [4.78, 5) is 4.46. The molecule has 0 radical (unpaired) electrons. The molecular formula is C18H12N2O2. The molecule has 0 amide bonds. The zero-order chi connectivity index (χ0) is 14.9. The third kappa shape index (κ3) is 1.93. The van der Waals surface area contributed by atoms with Gasteiger partial charge in [0, 0.05) is 5.56 Å². The number of fused-ring (bicyclic) bond motifs is 1. The quantitative estimate of drug-likeness (QED) is 0.416. The molecule has 0 aliphatic rings. The Morgan fingerprint density at radius 2 is 1.64 bits per heavy atom. The van der Waals surface area contributed by atoms with E-state index in [1.54, 1.807) is 12.1 Å². The third-order valence-electron chi connectivity index (χ3n) is 3.57. The number of hydrogen-bond acceptors (Lipinski definition) is 3. The average molecular weight is 288 g/mol. The zero-order valence-corrected chi connectivity index (χ0v) is 11.6. The molecule has 0 spiro atoms. The molecule has 22 heavy (non-hydrogen) atoms. The highest BCUT2D eigenvalue weighted by Crippen LogP contribution is 2.27. The summed E-state index contributed by atoms with van der Waals surface area (Å²) in [5.74, 6) is 0.723. The Balaban J connectivity index is 2.11. The van der Waals surface area contributed by atoms with Crippen molar-refractivity contribution in [3.63, 3.8) is 0 Å². The monoisotopic (exact) mass is 288 g/mol. The normalized spacial score (nSPS) is 10.9. The van der Waals surface area contributed by atoms with Gasteiger partial charge < -0.3 is 9.62 Å². The SMILES string of the molecule is [O-][n+]1c(-c2ccco2)nc2ccccc2c1-c1ccccc1. The first-order valence-corrected chi connectivity index (χ1v) is 6.96. The first-order chi connectivity index (χ1) is 10.8. The van der Waals surface area contributed by atoms with Crippen LogP contribution in [0.1, 0.15) is 0 Å². The molecule has 0 aliphatic carbocycles. The van der Waals surface area contributed by atoms with Gasteiger partial charge in [-0.1, -0.05) is 42.5 Å². The van der Waals surface area contributed by atoms with Crippen molar-refractivity contribution >= 4 is 10.9 Å². The van der Waals surface area contributed by atoms with E-state index in [0.717, 1.165) is 21.2 Å². The van der Waals surface area contributed by atoms with Crippen molar-refractivity contribution in [3.05, 3.63) is 78.2 Å². The third-order valence-corrected chi connectivity index (χ3v) is 3.57. The maximum Gasteiger partial charge on any atom is 0.370 e. The van der Waals surface area contributed by atoms with E-state index in [9.17, 15) is 5.21 Å². The molecule has 0 saturated heterocycles. The van der Waals surface area contributed by atoms with Crippen molar-refractivity contribution in [1.82, 2.24) is 4.98 Å². The minimum Gasteiger partial charge on any atom is -0.710 e. The zero-order valence-electron chi connectivity index (χ0n) is 11.6. The van der Waals surface area contributed by atoms with Crippen LogP contribution in [0.25, 0.3) is 33.7 Å². The molecule has 2 aromatic heterocycles. The number of hydrogen-bond donors (Lipinski definition) is 0. The van der Waals surface area contributed by atoms with Crippen molar-refractivity contribution in [2.75, 3.05) is 0 Å². The molecule has 4 nitrogen and oxygen atoms in total. The molecule has 0 saturated carbocycles. The molecule has 106 valence electrons. The number of nitrogens with zero attached hydrogens (tertiary/aromatic N) is 2. The van der Waals surface area contributed by atoms with Crippen LogP contribution in [0, 0.1) is 5.21 Å². The van der Waals surface area contributed by atoms with Crippen molar-refractivity contribution in [2.45, 2.75) is 0 Å². The summed E-state index contributed by atoms with van der Waals surface area (Å²) in [5, 5.41) is 13.7. The van der Waals surface area contributed by atoms with E-state index >= 15 is 0 Å². The number of benzene rings is 2. The molecule has 0 aliphatic heterocycles. The maximum atomic E-state index is 12.9. The Morgan fingerprint density at radius 3 is 2.41 bits per heavy atom. The van der Waals surface area contributed by atoms with Gasteiger partial charge in [0.05, 0.1) is 11.6 Å². The van der Waals surface area contributed by atoms with Crippen LogP contribution in [0.3, 0.4) is 0 Å². The Labute approximate surface area is 126 Å². The highest BCUT2D eigenvalue weighted by Gasteiger charge is 2.22. The topological polar surface area (TPSA) is 53.0 Å². The van der Waals surface area contributed by atoms with Crippen LogP contribution in [0.2, 0.25) is 0 Å². The van der Waals surface area contributed by atoms with E-state index in [0.29, 0.717) is 11.5 Å². The molecule has 4 heteroatoms. The Morgan fingerprint density at radius 1 is 0.864 bits per heavy atom. The van der Waals surface area contributed by atoms with Gasteiger partial charge in [0.2, 0.25) is 5.76 Å². The van der Waals surface area contributed by atoms with E-state index in [-0.39, 0.29) is 5.82 Å². The first kappa shape index (κ1) is 12.6. The predicted octanol–water partition coefficient (Wildman–Crippen LogP) is 3.80. The van der Waals surface area contributed by atoms with E-state index < -0.39 is 0 Å². The molecule has 4 rings (SSSR count). The summed E-state index contributed by atoms with van der Waals surface area (Å²) in [6.45, 7) is 0. The molecule has 2 heterocycles. The lowest BCUT2D eigenvalue weighted by atomic mass is 10.1. The fraction of sp³-hybridized carbons (Fsp3) is 0. The molecule has 4 aromatic rings. The van der Waals surface area contributed by atoms with Crippen LogP contribution < -0.4 is 4.73 Å². The van der Waals surface area contributed by atoms with Gasteiger partial charge in [-0.3, -0.25) is 0 Å². The number of furan rings is 1. The molecular weight excluding hydrogens is 276 g/mol. The summed E-state index contributed by atoms with van der Waals surface area (Å²) >= 11 is 0. The summed E-state index contributed by atoms with van der Waals surface area (Å²) in [7, 11) is 0. The standard InChI is InChI=1S/C18H12N2O2/c21-20-17(13-7-2-1-3-8-13)14-9-4-5-10-15(14)19-18(20)16-11-6-12-22-16/h1-12H. The maximum absolute atomic E-state index is 12.9. The van der Waals surface area contributed by atoms with Crippen LogP contribution in [0.5, 0.6) is 0 Å². The van der Waals surface area contributed by atoms with Crippen molar-refractivity contribution in [3.8, 4) is 22.8 Å². The van der Waals surface area contributed by atoms with Gasteiger partial charge in [-0.2, -0.15) is 0 Å². The number of para-hydroxylation sites is 1. The van der Waals surface area contributed by atoms with Crippen LogP contribution in [-0.4, -0.2) is 4.98 Å². The largest absolute Gasteiger partial charge is 0.710 e.